The van der Waals surface area contributed by atoms with Gasteiger partial charge in [0.25, 0.3) is 0 Å². The van der Waals surface area contributed by atoms with Crippen LogP contribution in [0.15, 0.2) is 24.3 Å². The summed E-state index contributed by atoms with van der Waals surface area (Å²) in [7, 11) is 0. The Morgan fingerprint density at radius 1 is 1.15 bits per heavy atom. The van der Waals surface area contributed by atoms with E-state index >= 15 is 0 Å². The minimum atomic E-state index is -0.330. The van der Waals surface area contributed by atoms with Gasteiger partial charge in [-0.05, 0) is 38.8 Å². The second kappa shape index (κ2) is 7.80. The number of aryl methyl sites for hydroxylation is 2. The largest absolute Gasteiger partial charge is 0.338 e. The van der Waals surface area contributed by atoms with E-state index in [-0.39, 0.29) is 11.9 Å². The molecular weight excluding hydrogens is 348 g/mol. The number of benzene rings is 1. The molecule has 1 unspecified atom stereocenters. The highest BCUT2D eigenvalue weighted by molar-refractivity contribution is 6.31. The number of halogens is 1. The van der Waals surface area contributed by atoms with Gasteiger partial charge in [0.2, 0.25) is 5.91 Å². The van der Waals surface area contributed by atoms with Crippen molar-refractivity contribution in [3.05, 3.63) is 51.8 Å². The molecule has 26 heavy (non-hydrogen) atoms. The number of rotatable bonds is 4. The molecule has 0 N–H and O–H groups in total. The van der Waals surface area contributed by atoms with Gasteiger partial charge in [0.05, 0.1) is 16.4 Å². The molecule has 1 aromatic heterocycles. The highest BCUT2D eigenvalue weighted by atomic mass is 35.5. The average Bonchev–Trinajstić information content (AvgIpc) is 2.90. The predicted octanol–water partition coefficient (Wildman–Crippen LogP) is 3.37. The highest BCUT2D eigenvalue weighted by Gasteiger charge is 2.28. The van der Waals surface area contributed by atoms with Crippen LogP contribution in [-0.4, -0.2) is 51.7 Å². The van der Waals surface area contributed by atoms with Crippen molar-refractivity contribution < 1.29 is 4.79 Å². The van der Waals surface area contributed by atoms with E-state index in [4.69, 9.17) is 11.6 Å². The van der Waals surface area contributed by atoms with Crippen molar-refractivity contribution in [1.82, 2.24) is 19.6 Å². The maximum absolute atomic E-state index is 12.9. The zero-order valence-electron chi connectivity index (χ0n) is 16.0. The minimum Gasteiger partial charge on any atom is -0.338 e. The van der Waals surface area contributed by atoms with Crippen molar-refractivity contribution >= 4 is 17.5 Å². The van der Waals surface area contributed by atoms with E-state index in [0.29, 0.717) is 5.02 Å². The molecule has 0 bridgehead atoms. The SMILES string of the molecule is Cc1ccccc1CN1CCN(C(=O)C(C)n2nc(C)c(Cl)c2C)CC1. The van der Waals surface area contributed by atoms with Gasteiger partial charge in [-0.15, -0.1) is 0 Å². The van der Waals surface area contributed by atoms with E-state index in [0.717, 1.165) is 44.1 Å². The molecule has 6 heteroatoms. The van der Waals surface area contributed by atoms with Crippen LogP contribution in [0.4, 0.5) is 0 Å². The summed E-state index contributed by atoms with van der Waals surface area (Å²) in [5.74, 6) is 0.114. The van der Waals surface area contributed by atoms with E-state index in [2.05, 4.69) is 41.2 Å². The Morgan fingerprint density at radius 2 is 1.81 bits per heavy atom. The fraction of sp³-hybridized carbons (Fsp3) is 0.500. The molecule has 140 valence electrons. The van der Waals surface area contributed by atoms with Crippen molar-refractivity contribution in [2.75, 3.05) is 26.2 Å². The third-order valence-electron chi connectivity index (χ3n) is 5.30. The average molecular weight is 375 g/mol. The Kier molecular flexibility index (Phi) is 5.68. The maximum Gasteiger partial charge on any atom is 0.247 e. The predicted molar refractivity (Wildman–Crippen MR) is 104 cm³/mol. The standard InChI is InChI=1S/C20H27ClN4O/c1-14-7-5-6-8-18(14)13-23-9-11-24(12-10-23)20(26)17(4)25-16(3)19(21)15(2)22-25/h5-8,17H,9-13H2,1-4H3. The first kappa shape index (κ1) is 18.9. The van der Waals surface area contributed by atoms with Gasteiger partial charge in [0.1, 0.15) is 6.04 Å². The monoisotopic (exact) mass is 374 g/mol. The van der Waals surface area contributed by atoms with Crippen LogP contribution in [0, 0.1) is 20.8 Å². The van der Waals surface area contributed by atoms with E-state index < -0.39 is 0 Å². The Labute approximate surface area is 160 Å². The van der Waals surface area contributed by atoms with Gasteiger partial charge in [-0.1, -0.05) is 35.9 Å². The number of hydrogen-bond acceptors (Lipinski definition) is 3. The summed E-state index contributed by atoms with van der Waals surface area (Å²) in [4.78, 5) is 17.3. The molecule has 3 rings (SSSR count). The second-order valence-corrected chi connectivity index (χ2v) is 7.51. The first-order chi connectivity index (χ1) is 12.4. The van der Waals surface area contributed by atoms with E-state index in [1.807, 2.05) is 25.7 Å². The Balaban J connectivity index is 1.59. The first-order valence-electron chi connectivity index (χ1n) is 9.15. The number of carbonyl (C=O) groups is 1. The number of amides is 1. The van der Waals surface area contributed by atoms with Gasteiger partial charge in [-0.2, -0.15) is 5.10 Å². The number of nitrogens with zero attached hydrogens (tertiary/aromatic N) is 4. The van der Waals surface area contributed by atoms with Gasteiger partial charge < -0.3 is 4.90 Å². The lowest BCUT2D eigenvalue weighted by Crippen LogP contribution is -2.50. The summed E-state index contributed by atoms with van der Waals surface area (Å²) in [6.07, 6.45) is 0. The minimum absolute atomic E-state index is 0.114. The van der Waals surface area contributed by atoms with Crippen LogP contribution in [-0.2, 0) is 11.3 Å². The van der Waals surface area contributed by atoms with Gasteiger partial charge in [-0.25, -0.2) is 0 Å². The Hall–Kier alpha value is -1.85. The van der Waals surface area contributed by atoms with Crippen LogP contribution in [0.25, 0.3) is 0 Å². The van der Waals surface area contributed by atoms with Crippen molar-refractivity contribution in [2.24, 2.45) is 0 Å². The maximum atomic E-state index is 12.9. The van der Waals surface area contributed by atoms with E-state index in [9.17, 15) is 4.79 Å². The van der Waals surface area contributed by atoms with Crippen LogP contribution in [0.1, 0.15) is 35.5 Å². The molecule has 2 aromatic rings. The topological polar surface area (TPSA) is 41.4 Å². The highest BCUT2D eigenvalue weighted by Crippen LogP contribution is 2.23. The zero-order chi connectivity index (χ0) is 18.8. The normalized spacial score (nSPS) is 16.7. The van der Waals surface area contributed by atoms with Crippen LogP contribution < -0.4 is 0 Å². The summed E-state index contributed by atoms with van der Waals surface area (Å²) in [5, 5.41) is 5.08. The van der Waals surface area contributed by atoms with Gasteiger partial charge >= 0.3 is 0 Å². The molecular formula is C20H27ClN4O. The molecule has 1 aliphatic rings. The van der Waals surface area contributed by atoms with Gasteiger partial charge in [0, 0.05) is 32.7 Å². The van der Waals surface area contributed by atoms with Crippen molar-refractivity contribution in [3.8, 4) is 0 Å². The number of piperazine rings is 1. The zero-order valence-corrected chi connectivity index (χ0v) is 16.8. The summed E-state index contributed by atoms with van der Waals surface area (Å²) in [6, 6.07) is 8.16. The molecule has 0 spiro atoms. The molecule has 2 heterocycles. The molecule has 0 radical (unpaired) electrons. The summed E-state index contributed by atoms with van der Waals surface area (Å²) in [6.45, 7) is 12.1. The molecule has 1 aliphatic heterocycles. The summed E-state index contributed by atoms with van der Waals surface area (Å²) < 4.78 is 1.75. The molecule has 0 aliphatic carbocycles. The van der Waals surface area contributed by atoms with Crippen LogP contribution in [0.3, 0.4) is 0 Å². The van der Waals surface area contributed by atoms with Crippen LogP contribution >= 0.6 is 11.6 Å². The lowest BCUT2D eigenvalue weighted by molar-refractivity contribution is -0.136. The smallest absolute Gasteiger partial charge is 0.247 e. The summed E-state index contributed by atoms with van der Waals surface area (Å²) >= 11 is 6.23. The van der Waals surface area contributed by atoms with Gasteiger partial charge in [0.15, 0.2) is 0 Å². The quantitative estimate of drug-likeness (QED) is 0.823. The van der Waals surface area contributed by atoms with Crippen molar-refractivity contribution in [3.63, 3.8) is 0 Å². The summed E-state index contributed by atoms with van der Waals surface area (Å²) in [5.41, 5.74) is 4.30. The molecule has 1 fully saturated rings. The van der Waals surface area contributed by atoms with E-state index in [1.54, 1.807) is 4.68 Å². The third kappa shape index (κ3) is 3.79. The number of aromatic nitrogens is 2. The Morgan fingerprint density at radius 3 is 2.38 bits per heavy atom. The molecule has 1 amide bonds. The first-order valence-corrected chi connectivity index (χ1v) is 9.53. The fourth-order valence-electron chi connectivity index (χ4n) is 3.54. The van der Waals surface area contributed by atoms with Crippen LogP contribution in [0.2, 0.25) is 5.02 Å². The molecule has 1 atom stereocenters. The Bertz CT molecular complexity index is 793. The van der Waals surface area contributed by atoms with Crippen LogP contribution in [0.5, 0.6) is 0 Å². The molecule has 1 aromatic carbocycles. The molecule has 0 saturated carbocycles. The second-order valence-electron chi connectivity index (χ2n) is 7.13. The van der Waals surface area contributed by atoms with Gasteiger partial charge in [-0.3, -0.25) is 14.4 Å². The molecule has 5 nitrogen and oxygen atoms in total. The van der Waals surface area contributed by atoms with Crippen molar-refractivity contribution in [1.29, 1.82) is 0 Å². The van der Waals surface area contributed by atoms with E-state index in [1.165, 1.54) is 11.1 Å². The lowest BCUT2D eigenvalue weighted by atomic mass is 10.1. The number of carbonyl (C=O) groups excluding carboxylic acids is 1. The fourth-order valence-corrected chi connectivity index (χ4v) is 3.67. The van der Waals surface area contributed by atoms with Crippen molar-refractivity contribution in [2.45, 2.75) is 40.3 Å². The molecule has 1 saturated heterocycles. The number of hydrogen-bond donors (Lipinski definition) is 0. The third-order valence-corrected chi connectivity index (χ3v) is 5.85. The lowest BCUT2D eigenvalue weighted by Gasteiger charge is -2.36.